The molecule has 0 saturated carbocycles. The van der Waals surface area contributed by atoms with Gasteiger partial charge in [-0.3, -0.25) is 4.79 Å². The lowest BCUT2D eigenvalue weighted by atomic mass is 10.1. The van der Waals surface area contributed by atoms with E-state index in [0.29, 0.717) is 36.8 Å². The summed E-state index contributed by atoms with van der Waals surface area (Å²) in [7, 11) is 3.15. The van der Waals surface area contributed by atoms with Crippen LogP contribution in [-0.4, -0.2) is 26.7 Å². The van der Waals surface area contributed by atoms with Crippen molar-refractivity contribution in [1.29, 1.82) is 0 Å². The molecule has 2 rings (SSSR count). The van der Waals surface area contributed by atoms with Crippen molar-refractivity contribution < 1.29 is 19.0 Å². The van der Waals surface area contributed by atoms with Crippen LogP contribution in [0.2, 0.25) is 0 Å². The second kappa shape index (κ2) is 9.08. The quantitative estimate of drug-likeness (QED) is 0.797. The third-order valence-electron chi connectivity index (χ3n) is 3.96. The van der Waals surface area contributed by atoms with Crippen LogP contribution in [0, 0.1) is 6.92 Å². The number of ether oxygens (including phenoxy) is 3. The van der Waals surface area contributed by atoms with Crippen LogP contribution in [0.1, 0.15) is 34.0 Å². The van der Waals surface area contributed by atoms with Crippen molar-refractivity contribution in [3.63, 3.8) is 0 Å². The molecule has 0 spiro atoms. The molecule has 0 atom stereocenters. The zero-order valence-corrected chi connectivity index (χ0v) is 15.2. The molecule has 0 aliphatic rings. The molecule has 0 heterocycles. The molecule has 1 N–H and O–H groups in total. The third kappa shape index (κ3) is 4.97. The number of amides is 1. The van der Waals surface area contributed by atoms with Crippen LogP contribution in [-0.2, 0) is 17.9 Å². The van der Waals surface area contributed by atoms with Gasteiger partial charge in [0.2, 0.25) is 0 Å². The molecule has 0 aromatic heterocycles. The molecule has 0 radical (unpaired) electrons. The SMILES string of the molecule is CCOCc1ccc(CNC(=O)c2cc(OC)c(C)c(OC)c2)cc1. The predicted octanol–water partition coefficient (Wildman–Crippen LogP) is 3.48. The highest BCUT2D eigenvalue weighted by Crippen LogP contribution is 2.29. The molecule has 2 aromatic rings. The average Bonchev–Trinajstić information content (AvgIpc) is 2.65. The highest BCUT2D eigenvalue weighted by Gasteiger charge is 2.13. The van der Waals surface area contributed by atoms with Crippen molar-refractivity contribution in [2.75, 3.05) is 20.8 Å². The molecule has 0 saturated heterocycles. The summed E-state index contributed by atoms with van der Waals surface area (Å²) in [6, 6.07) is 11.4. The van der Waals surface area contributed by atoms with Crippen LogP contribution in [0.15, 0.2) is 36.4 Å². The first-order chi connectivity index (χ1) is 12.1. The maximum absolute atomic E-state index is 12.4. The van der Waals surface area contributed by atoms with Gasteiger partial charge in [-0.25, -0.2) is 0 Å². The number of hydrogen-bond acceptors (Lipinski definition) is 4. The van der Waals surface area contributed by atoms with Gasteiger partial charge in [0.25, 0.3) is 5.91 Å². The second-order valence-electron chi connectivity index (χ2n) is 5.64. The van der Waals surface area contributed by atoms with E-state index in [1.807, 2.05) is 38.1 Å². The summed E-state index contributed by atoms with van der Waals surface area (Å²) in [5.74, 6) is 1.09. The van der Waals surface area contributed by atoms with Crippen LogP contribution < -0.4 is 14.8 Å². The second-order valence-corrected chi connectivity index (χ2v) is 5.64. The standard InChI is InChI=1S/C20H25NO4/c1-5-25-13-16-8-6-15(7-9-16)12-21-20(22)17-10-18(23-3)14(2)19(11-17)24-4/h6-11H,5,12-13H2,1-4H3,(H,21,22). The average molecular weight is 343 g/mol. The topological polar surface area (TPSA) is 56.8 Å². The summed E-state index contributed by atoms with van der Waals surface area (Å²) in [6.45, 7) is 5.61. The Hall–Kier alpha value is -2.53. The molecule has 134 valence electrons. The predicted molar refractivity (Wildman–Crippen MR) is 97.2 cm³/mol. The minimum atomic E-state index is -0.171. The molecule has 0 bridgehead atoms. The van der Waals surface area contributed by atoms with E-state index in [4.69, 9.17) is 14.2 Å². The molecule has 0 aliphatic heterocycles. The zero-order valence-electron chi connectivity index (χ0n) is 15.2. The van der Waals surface area contributed by atoms with Gasteiger partial charge in [-0.15, -0.1) is 0 Å². The van der Waals surface area contributed by atoms with Gasteiger partial charge in [0.1, 0.15) is 11.5 Å². The monoisotopic (exact) mass is 343 g/mol. The zero-order chi connectivity index (χ0) is 18.2. The lowest BCUT2D eigenvalue weighted by Gasteiger charge is -2.13. The van der Waals surface area contributed by atoms with Crippen LogP contribution in [0.5, 0.6) is 11.5 Å². The maximum atomic E-state index is 12.4. The Balaban J connectivity index is 2.02. The Morgan fingerprint density at radius 2 is 1.56 bits per heavy atom. The Labute approximate surface area is 148 Å². The maximum Gasteiger partial charge on any atom is 0.251 e. The molecule has 5 nitrogen and oxygen atoms in total. The molecule has 5 heteroatoms. The number of hydrogen-bond donors (Lipinski definition) is 1. The fraction of sp³-hybridized carbons (Fsp3) is 0.350. The van der Waals surface area contributed by atoms with E-state index in [2.05, 4.69) is 5.32 Å². The first-order valence-electron chi connectivity index (χ1n) is 8.25. The van der Waals surface area contributed by atoms with Gasteiger partial charge in [0.05, 0.1) is 20.8 Å². The molecular weight excluding hydrogens is 318 g/mol. The fourth-order valence-corrected chi connectivity index (χ4v) is 2.47. The highest BCUT2D eigenvalue weighted by molar-refractivity contribution is 5.95. The summed E-state index contributed by atoms with van der Waals surface area (Å²) in [4.78, 5) is 12.4. The van der Waals surface area contributed by atoms with Crippen molar-refractivity contribution >= 4 is 5.91 Å². The summed E-state index contributed by atoms with van der Waals surface area (Å²) >= 11 is 0. The summed E-state index contributed by atoms with van der Waals surface area (Å²) in [5, 5.41) is 2.92. The number of carbonyl (C=O) groups excluding carboxylic acids is 1. The van der Waals surface area contributed by atoms with Gasteiger partial charge in [-0.1, -0.05) is 24.3 Å². The van der Waals surface area contributed by atoms with Crippen molar-refractivity contribution in [2.45, 2.75) is 27.0 Å². The Morgan fingerprint density at radius 3 is 2.08 bits per heavy atom. The smallest absolute Gasteiger partial charge is 0.251 e. The van der Waals surface area contributed by atoms with Crippen LogP contribution >= 0.6 is 0 Å². The Kier molecular flexibility index (Phi) is 6.83. The van der Waals surface area contributed by atoms with E-state index in [9.17, 15) is 4.79 Å². The first-order valence-corrected chi connectivity index (χ1v) is 8.25. The largest absolute Gasteiger partial charge is 0.496 e. The number of rotatable bonds is 8. The van der Waals surface area contributed by atoms with Gasteiger partial charge < -0.3 is 19.5 Å². The minimum Gasteiger partial charge on any atom is -0.496 e. The van der Waals surface area contributed by atoms with E-state index in [-0.39, 0.29) is 5.91 Å². The van der Waals surface area contributed by atoms with Crippen molar-refractivity contribution in [3.8, 4) is 11.5 Å². The van der Waals surface area contributed by atoms with E-state index in [1.54, 1.807) is 26.4 Å². The van der Waals surface area contributed by atoms with Crippen LogP contribution in [0.4, 0.5) is 0 Å². The van der Waals surface area contributed by atoms with Crippen LogP contribution in [0.3, 0.4) is 0 Å². The summed E-state index contributed by atoms with van der Waals surface area (Å²) in [5.41, 5.74) is 3.52. The molecule has 2 aromatic carbocycles. The van der Waals surface area contributed by atoms with Crippen molar-refractivity contribution in [3.05, 3.63) is 58.7 Å². The van der Waals surface area contributed by atoms with E-state index in [1.165, 1.54) is 0 Å². The van der Waals surface area contributed by atoms with Gasteiger partial charge in [0.15, 0.2) is 0 Å². The Bertz CT molecular complexity index is 685. The molecule has 0 unspecified atom stereocenters. The van der Waals surface area contributed by atoms with E-state index >= 15 is 0 Å². The molecule has 0 aliphatic carbocycles. The third-order valence-corrected chi connectivity index (χ3v) is 3.96. The molecular formula is C20H25NO4. The summed E-state index contributed by atoms with van der Waals surface area (Å²) < 4.78 is 16.0. The fourth-order valence-electron chi connectivity index (χ4n) is 2.47. The van der Waals surface area contributed by atoms with Crippen LogP contribution in [0.25, 0.3) is 0 Å². The lowest BCUT2D eigenvalue weighted by Crippen LogP contribution is -2.23. The normalized spacial score (nSPS) is 10.4. The highest BCUT2D eigenvalue weighted by atomic mass is 16.5. The number of benzene rings is 2. The van der Waals surface area contributed by atoms with Gasteiger partial charge in [-0.05, 0) is 37.1 Å². The summed E-state index contributed by atoms with van der Waals surface area (Å²) in [6.07, 6.45) is 0. The first kappa shape index (κ1) is 18.8. The number of nitrogens with one attached hydrogen (secondary N) is 1. The van der Waals surface area contributed by atoms with Gasteiger partial charge >= 0.3 is 0 Å². The lowest BCUT2D eigenvalue weighted by molar-refractivity contribution is 0.0950. The van der Waals surface area contributed by atoms with Gasteiger partial charge in [-0.2, -0.15) is 0 Å². The minimum absolute atomic E-state index is 0.171. The Morgan fingerprint density at radius 1 is 1.00 bits per heavy atom. The molecule has 0 fully saturated rings. The number of methoxy groups -OCH3 is 2. The van der Waals surface area contributed by atoms with Gasteiger partial charge in [0, 0.05) is 24.3 Å². The van der Waals surface area contributed by atoms with E-state index in [0.717, 1.165) is 16.7 Å². The van der Waals surface area contributed by atoms with Crippen molar-refractivity contribution in [1.82, 2.24) is 5.32 Å². The van der Waals surface area contributed by atoms with Crippen molar-refractivity contribution in [2.24, 2.45) is 0 Å². The molecule has 1 amide bonds. The number of carbonyl (C=O) groups is 1. The van der Waals surface area contributed by atoms with E-state index < -0.39 is 0 Å². The molecule has 25 heavy (non-hydrogen) atoms.